The quantitative estimate of drug-likeness (QED) is 0.675. The maximum Gasteiger partial charge on any atom is 0.322 e. The molecule has 1 aliphatic carbocycles. The minimum absolute atomic E-state index is 0.0909. The molecule has 0 atom stereocenters. The molecule has 2 N–H and O–H groups in total. The number of rotatable bonds is 4. The average molecular weight is 416 g/mol. The third kappa shape index (κ3) is 3.24. The molecule has 6 nitrogen and oxygen atoms in total. The van der Waals surface area contributed by atoms with Crippen molar-refractivity contribution in [1.29, 1.82) is 0 Å². The number of nitrogens with zero attached hydrogens (tertiary/aromatic N) is 4. The Labute approximate surface area is 157 Å². The highest BCUT2D eigenvalue weighted by Crippen LogP contribution is 2.44. The van der Waals surface area contributed by atoms with Gasteiger partial charge in [-0.15, -0.1) is 0 Å². The van der Waals surface area contributed by atoms with Gasteiger partial charge in [-0.1, -0.05) is 12.5 Å². The molecule has 1 fully saturated rings. The summed E-state index contributed by atoms with van der Waals surface area (Å²) in [5.74, 6) is 0.203. The monoisotopic (exact) mass is 415 g/mol. The predicted octanol–water partition coefficient (Wildman–Crippen LogP) is 4.48. The Morgan fingerprint density at radius 2 is 1.81 bits per heavy atom. The van der Waals surface area contributed by atoms with Crippen molar-refractivity contribution in [3.63, 3.8) is 0 Å². The van der Waals surface area contributed by atoms with Crippen LogP contribution in [-0.4, -0.2) is 19.9 Å². The maximum atomic E-state index is 15.3. The highest BCUT2D eigenvalue weighted by Gasteiger charge is 2.27. The maximum absolute atomic E-state index is 15.3. The lowest BCUT2D eigenvalue weighted by Crippen LogP contribution is -2.11. The number of nitrogen functional groups attached to an aromatic ring is 1. The summed E-state index contributed by atoms with van der Waals surface area (Å²) in [6, 6.07) is 3.68. The molecule has 0 saturated heterocycles. The molecule has 0 radical (unpaired) electrons. The molecule has 0 spiro atoms. The predicted molar refractivity (Wildman–Crippen MR) is 98.2 cm³/mol. The van der Waals surface area contributed by atoms with Gasteiger partial charge in [-0.05, 0) is 40.8 Å². The van der Waals surface area contributed by atoms with Gasteiger partial charge in [-0.2, -0.15) is 0 Å². The molecule has 26 heavy (non-hydrogen) atoms. The number of ether oxygens (including phenoxy) is 1. The van der Waals surface area contributed by atoms with Crippen LogP contribution in [0.15, 0.2) is 41.4 Å². The van der Waals surface area contributed by atoms with Crippen LogP contribution in [0, 0.1) is 5.82 Å². The van der Waals surface area contributed by atoms with Gasteiger partial charge in [0, 0.05) is 23.5 Å². The molecule has 0 bridgehead atoms. The summed E-state index contributed by atoms with van der Waals surface area (Å²) in [6.07, 6.45) is 9.10. The van der Waals surface area contributed by atoms with E-state index in [0.29, 0.717) is 11.3 Å². The van der Waals surface area contributed by atoms with Gasteiger partial charge in [0.1, 0.15) is 5.82 Å². The zero-order chi connectivity index (χ0) is 18.1. The van der Waals surface area contributed by atoms with Crippen molar-refractivity contribution in [2.75, 3.05) is 5.73 Å². The summed E-state index contributed by atoms with van der Waals surface area (Å²) in [6.45, 7) is 0. The van der Waals surface area contributed by atoms with E-state index in [4.69, 9.17) is 10.5 Å². The van der Waals surface area contributed by atoms with Crippen LogP contribution in [0.5, 0.6) is 11.8 Å². The number of halogens is 2. The van der Waals surface area contributed by atoms with E-state index in [1.165, 1.54) is 12.4 Å². The fraction of sp³-hybridized carbons (Fsp3) is 0.222. The highest BCUT2D eigenvalue weighted by atomic mass is 79.9. The van der Waals surface area contributed by atoms with Crippen LogP contribution >= 0.6 is 15.9 Å². The second-order valence-electron chi connectivity index (χ2n) is 6.09. The first kappa shape index (κ1) is 16.8. The largest absolute Gasteiger partial charge is 0.421 e. The van der Waals surface area contributed by atoms with Crippen LogP contribution in [0.4, 0.5) is 10.2 Å². The first-order valence-electron chi connectivity index (χ1n) is 8.17. The molecule has 4 rings (SSSR count). The smallest absolute Gasteiger partial charge is 0.322 e. The minimum atomic E-state index is -0.500. The van der Waals surface area contributed by atoms with Gasteiger partial charge >= 0.3 is 6.01 Å². The van der Waals surface area contributed by atoms with E-state index >= 15 is 4.39 Å². The summed E-state index contributed by atoms with van der Waals surface area (Å²) in [5.41, 5.74) is 7.08. The van der Waals surface area contributed by atoms with Crippen molar-refractivity contribution in [3.05, 3.63) is 52.8 Å². The van der Waals surface area contributed by atoms with Crippen LogP contribution < -0.4 is 10.5 Å². The highest BCUT2D eigenvalue weighted by molar-refractivity contribution is 9.10. The molecule has 0 amide bonds. The Morgan fingerprint density at radius 1 is 1.04 bits per heavy atom. The zero-order valence-corrected chi connectivity index (χ0v) is 15.3. The van der Waals surface area contributed by atoms with Crippen LogP contribution in [-0.2, 0) is 0 Å². The Bertz CT molecular complexity index is 930. The molecule has 0 unspecified atom stereocenters. The van der Waals surface area contributed by atoms with E-state index in [0.717, 1.165) is 29.3 Å². The number of hydrogen-bond donors (Lipinski definition) is 1. The molecule has 132 valence electrons. The van der Waals surface area contributed by atoms with Gasteiger partial charge in [0.15, 0.2) is 11.6 Å². The van der Waals surface area contributed by atoms with Crippen molar-refractivity contribution in [3.8, 4) is 23.0 Å². The molecule has 1 aliphatic rings. The third-order valence-electron chi connectivity index (χ3n) is 4.41. The van der Waals surface area contributed by atoms with E-state index in [-0.39, 0.29) is 23.5 Å². The molecule has 1 aromatic carbocycles. The lowest BCUT2D eigenvalue weighted by molar-refractivity contribution is 0.371. The summed E-state index contributed by atoms with van der Waals surface area (Å²) >= 11 is 3.27. The number of aromatic nitrogens is 4. The lowest BCUT2D eigenvalue weighted by atomic mass is 9.79. The zero-order valence-electron chi connectivity index (χ0n) is 13.7. The topological polar surface area (TPSA) is 86.8 Å². The molecule has 2 aromatic heterocycles. The number of hydrogen-bond acceptors (Lipinski definition) is 6. The Morgan fingerprint density at radius 3 is 2.42 bits per heavy atom. The van der Waals surface area contributed by atoms with E-state index in [9.17, 15) is 0 Å². The molecule has 2 heterocycles. The second-order valence-corrected chi connectivity index (χ2v) is 7.00. The van der Waals surface area contributed by atoms with Crippen LogP contribution in [0.3, 0.4) is 0 Å². The van der Waals surface area contributed by atoms with Crippen LogP contribution in [0.1, 0.15) is 30.7 Å². The fourth-order valence-electron chi connectivity index (χ4n) is 2.83. The Kier molecular flexibility index (Phi) is 4.50. The summed E-state index contributed by atoms with van der Waals surface area (Å²) in [7, 11) is 0. The third-order valence-corrected chi connectivity index (χ3v) is 4.82. The van der Waals surface area contributed by atoms with E-state index in [1.807, 2.05) is 6.07 Å². The van der Waals surface area contributed by atoms with Crippen molar-refractivity contribution >= 4 is 21.7 Å². The molecule has 3 aromatic rings. The van der Waals surface area contributed by atoms with Crippen molar-refractivity contribution in [1.82, 2.24) is 19.9 Å². The normalized spacial score (nSPS) is 14.1. The number of benzene rings is 1. The van der Waals surface area contributed by atoms with Crippen molar-refractivity contribution < 1.29 is 9.13 Å². The molecule has 8 heteroatoms. The van der Waals surface area contributed by atoms with Gasteiger partial charge in [0.2, 0.25) is 0 Å². The van der Waals surface area contributed by atoms with E-state index in [1.54, 1.807) is 18.5 Å². The standard InChI is InChI=1S/C18H15BrFN5O/c19-11-6-24-18(25-7-11)26-17-12(10-2-1-3-10)4-5-13(16(17)20)14-8-23-15(21)9-22-14/h4-10H,1-3H2,(H2,21,23). The molecular formula is C18H15BrFN5O. The summed E-state index contributed by atoms with van der Waals surface area (Å²) in [4.78, 5) is 16.3. The number of nitrogens with two attached hydrogens (primary N) is 1. The average Bonchev–Trinajstić information content (AvgIpc) is 2.59. The van der Waals surface area contributed by atoms with Gasteiger partial charge in [-0.3, -0.25) is 4.98 Å². The first-order chi connectivity index (χ1) is 12.6. The second kappa shape index (κ2) is 6.95. The van der Waals surface area contributed by atoms with Crippen LogP contribution in [0.2, 0.25) is 0 Å². The van der Waals surface area contributed by atoms with Gasteiger partial charge in [0.25, 0.3) is 0 Å². The van der Waals surface area contributed by atoms with Gasteiger partial charge in [0.05, 0.1) is 22.6 Å². The van der Waals surface area contributed by atoms with Crippen LogP contribution in [0.25, 0.3) is 11.3 Å². The van der Waals surface area contributed by atoms with E-state index in [2.05, 4.69) is 35.9 Å². The Balaban J connectivity index is 1.78. The fourth-order valence-corrected chi connectivity index (χ4v) is 3.04. The van der Waals surface area contributed by atoms with Crippen molar-refractivity contribution in [2.45, 2.75) is 25.2 Å². The SMILES string of the molecule is Nc1cnc(-c2ccc(C3CCC3)c(Oc3ncc(Br)cn3)c2F)cn1. The Hall–Kier alpha value is -2.61. The summed E-state index contributed by atoms with van der Waals surface area (Å²) < 4.78 is 21.8. The van der Waals surface area contributed by atoms with E-state index < -0.39 is 5.82 Å². The van der Waals surface area contributed by atoms with Gasteiger partial charge in [-0.25, -0.2) is 19.3 Å². The summed E-state index contributed by atoms with van der Waals surface area (Å²) in [5, 5.41) is 0. The number of anilines is 1. The lowest BCUT2D eigenvalue weighted by Gasteiger charge is -2.28. The van der Waals surface area contributed by atoms with Gasteiger partial charge < -0.3 is 10.5 Å². The molecule has 1 saturated carbocycles. The molecular weight excluding hydrogens is 401 g/mol. The molecule has 0 aliphatic heterocycles. The van der Waals surface area contributed by atoms with Crippen molar-refractivity contribution in [2.24, 2.45) is 0 Å². The minimum Gasteiger partial charge on any atom is -0.421 e. The first-order valence-corrected chi connectivity index (χ1v) is 8.97.